The summed E-state index contributed by atoms with van der Waals surface area (Å²) in [5, 5.41) is 0. The van der Waals surface area contributed by atoms with Gasteiger partial charge in [-0.1, -0.05) is 25.5 Å². The minimum Gasteiger partial charge on any atom is -0.481 e. The minimum atomic E-state index is 0.0303. The highest BCUT2D eigenvalue weighted by Crippen LogP contribution is 2.60. The Morgan fingerprint density at radius 1 is 1.38 bits per heavy atom. The molecule has 1 aromatic rings. The summed E-state index contributed by atoms with van der Waals surface area (Å²) >= 11 is 0. The minimum absolute atomic E-state index is 0.0303. The highest BCUT2D eigenvalue weighted by atomic mass is 16.5. The maximum Gasteiger partial charge on any atom is 0.231 e. The molecule has 0 spiro atoms. The van der Waals surface area contributed by atoms with Gasteiger partial charge in [0.2, 0.25) is 11.8 Å². The van der Waals surface area contributed by atoms with Gasteiger partial charge in [0.15, 0.2) is 0 Å². The quantitative estimate of drug-likeness (QED) is 0.798. The number of hydrogen-bond donors (Lipinski definition) is 0. The molecule has 2 atom stereocenters. The molecule has 1 amide bonds. The lowest BCUT2D eigenvalue weighted by atomic mass is 10.1. The van der Waals surface area contributed by atoms with E-state index in [9.17, 15) is 4.79 Å². The molecule has 1 aliphatic carbocycles. The molecule has 21 heavy (non-hydrogen) atoms. The van der Waals surface area contributed by atoms with E-state index in [1.165, 1.54) is 5.57 Å². The first-order chi connectivity index (χ1) is 9.78. The summed E-state index contributed by atoms with van der Waals surface area (Å²) < 4.78 is 5.04. The SMILES string of the molecule is COc1ccc(N(C)C(=O)[C@H]2[C@H](C=C(C)C)C2(C)C)cn1. The molecule has 0 aliphatic heterocycles. The fraction of sp³-hybridized carbons (Fsp3) is 0.529. The van der Waals surface area contributed by atoms with Crippen molar-refractivity contribution in [3.63, 3.8) is 0 Å². The topological polar surface area (TPSA) is 42.4 Å². The zero-order chi connectivity index (χ0) is 15.8. The fourth-order valence-electron chi connectivity index (χ4n) is 2.85. The van der Waals surface area contributed by atoms with E-state index in [-0.39, 0.29) is 17.2 Å². The zero-order valence-corrected chi connectivity index (χ0v) is 13.7. The van der Waals surface area contributed by atoms with E-state index >= 15 is 0 Å². The van der Waals surface area contributed by atoms with E-state index in [0.717, 1.165) is 5.69 Å². The first-order valence-corrected chi connectivity index (χ1v) is 7.21. The molecular weight excluding hydrogens is 264 g/mol. The monoisotopic (exact) mass is 288 g/mol. The molecule has 1 heterocycles. The van der Waals surface area contributed by atoms with Crippen molar-refractivity contribution in [2.45, 2.75) is 27.7 Å². The molecule has 0 saturated heterocycles. The van der Waals surface area contributed by atoms with Crippen LogP contribution in [0.2, 0.25) is 0 Å². The first kappa shape index (κ1) is 15.5. The van der Waals surface area contributed by atoms with Gasteiger partial charge >= 0.3 is 0 Å². The number of allylic oxidation sites excluding steroid dienone is 2. The van der Waals surface area contributed by atoms with Crippen LogP contribution in [-0.4, -0.2) is 25.0 Å². The molecule has 0 radical (unpaired) electrons. The van der Waals surface area contributed by atoms with Crippen molar-refractivity contribution in [2.24, 2.45) is 17.3 Å². The average molecular weight is 288 g/mol. The zero-order valence-electron chi connectivity index (χ0n) is 13.7. The van der Waals surface area contributed by atoms with Crippen LogP contribution in [0.3, 0.4) is 0 Å². The van der Waals surface area contributed by atoms with E-state index in [1.54, 1.807) is 31.3 Å². The number of ether oxygens (including phenoxy) is 1. The lowest BCUT2D eigenvalue weighted by Crippen LogP contribution is -2.29. The van der Waals surface area contributed by atoms with Crippen LogP contribution in [0.25, 0.3) is 0 Å². The number of hydrogen-bond acceptors (Lipinski definition) is 3. The van der Waals surface area contributed by atoms with E-state index in [4.69, 9.17) is 4.74 Å². The van der Waals surface area contributed by atoms with E-state index in [1.807, 2.05) is 6.07 Å². The van der Waals surface area contributed by atoms with Crippen LogP contribution in [-0.2, 0) is 4.79 Å². The summed E-state index contributed by atoms with van der Waals surface area (Å²) in [7, 11) is 3.38. The number of carbonyl (C=O) groups excluding carboxylic acids is 1. The predicted molar refractivity (Wildman–Crippen MR) is 84.4 cm³/mol. The highest BCUT2D eigenvalue weighted by molar-refractivity contribution is 5.97. The maximum atomic E-state index is 12.7. The number of rotatable bonds is 4. The van der Waals surface area contributed by atoms with Gasteiger partial charge in [-0.25, -0.2) is 4.98 Å². The Balaban J connectivity index is 2.14. The molecule has 1 saturated carbocycles. The van der Waals surface area contributed by atoms with Gasteiger partial charge in [0.1, 0.15) is 0 Å². The van der Waals surface area contributed by atoms with Gasteiger partial charge in [-0.3, -0.25) is 4.79 Å². The molecule has 114 valence electrons. The van der Waals surface area contributed by atoms with Gasteiger partial charge in [-0.05, 0) is 31.2 Å². The van der Waals surface area contributed by atoms with Gasteiger partial charge < -0.3 is 9.64 Å². The summed E-state index contributed by atoms with van der Waals surface area (Å²) in [6.07, 6.45) is 3.88. The molecule has 0 aromatic carbocycles. The Kier molecular flexibility index (Phi) is 4.08. The third-order valence-electron chi connectivity index (χ3n) is 4.34. The van der Waals surface area contributed by atoms with Crippen molar-refractivity contribution in [3.8, 4) is 5.88 Å². The second-order valence-corrected chi connectivity index (χ2v) is 6.52. The predicted octanol–water partition coefficient (Wildman–Crippen LogP) is 3.29. The normalized spacial score (nSPS) is 22.4. The van der Waals surface area contributed by atoms with Crippen molar-refractivity contribution in [2.75, 3.05) is 19.1 Å². The summed E-state index contributed by atoms with van der Waals surface area (Å²) in [4.78, 5) is 18.6. The second kappa shape index (κ2) is 5.51. The fourth-order valence-corrected chi connectivity index (χ4v) is 2.85. The van der Waals surface area contributed by atoms with Gasteiger partial charge in [-0.15, -0.1) is 0 Å². The lowest BCUT2D eigenvalue weighted by molar-refractivity contribution is -0.120. The third kappa shape index (κ3) is 2.94. The number of amides is 1. The highest BCUT2D eigenvalue weighted by Gasteiger charge is 2.61. The molecule has 4 heteroatoms. The van der Waals surface area contributed by atoms with Gasteiger partial charge in [-0.2, -0.15) is 0 Å². The summed E-state index contributed by atoms with van der Waals surface area (Å²) in [6.45, 7) is 8.46. The summed E-state index contributed by atoms with van der Waals surface area (Å²) in [6, 6.07) is 3.62. The number of carbonyl (C=O) groups is 1. The van der Waals surface area contributed by atoms with Crippen LogP contribution in [0, 0.1) is 17.3 Å². The van der Waals surface area contributed by atoms with Gasteiger partial charge in [0.25, 0.3) is 0 Å². The van der Waals surface area contributed by atoms with Crippen molar-refractivity contribution < 1.29 is 9.53 Å². The first-order valence-electron chi connectivity index (χ1n) is 7.21. The molecule has 2 rings (SSSR count). The maximum absolute atomic E-state index is 12.7. The average Bonchev–Trinajstić information content (AvgIpc) is 2.97. The van der Waals surface area contributed by atoms with Crippen LogP contribution >= 0.6 is 0 Å². The van der Waals surface area contributed by atoms with Crippen LogP contribution in [0.5, 0.6) is 5.88 Å². The van der Waals surface area contributed by atoms with Crippen LogP contribution in [0.4, 0.5) is 5.69 Å². The van der Waals surface area contributed by atoms with Crippen LogP contribution < -0.4 is 9.64 Å². The Bertz CT molecular complexity index is 557. The lowest BCUT2D eigenvalue weighted by Gasteiger charge is -2.18. The van der Waals surface area contributed by atoms with Crippen molar-refractivity contribution in [3.05, 3.63) is 30.0 Å². The number of pyridine rings is 1. The van der Waals surface area contributed by atoms with E-state index in [0.29, 0.717) is 11.8 Å². The number of methoxy groups -OCH3 is 1. The van der Waals surface area contributed by atoms with Gasteiger partial charge in [0.05, 0.1) is 24.9 Å². The third-order valence-corrected chi connectivity index (χ3v) is 4.34. The van der Waals surface area contributed by atoms with E-state index < -0.39 is 0 Å². The molecule has 0 N–H and O–H groups in total. The van der Waals surface area contributed by atoms with Crippen LogP contribution in [0.1, 0.15) is 27.7 Å². The van der Waals surface area contributed by atoms with Crippen molar-refractivity contribution in [1.82, 2.24) is 4.98 Å². The molecule has 1 fully saturated rings. The number of anilines is 1. The van der Waals surface area contributed by atoms with Gasteiger partial charge in [0, 0.05) is 13.1 Å². The van der Waals surface area contributed by atoms with Crippen molar-refractivity contribution >= 4 is 11.6 Å². The second-order valence-electron chi connectivity index (χ2n) is 6.52. The number of nitrogens with zero attached hydrogens (tertiary/aromatic N) is 2. The molecular formula is C17H24N2O2. The Morgan fingerprint density at radius 3 is 2.52 bits per heavy atom. The Morgan fingerprint density at radius 2 is 2.05 bits per heavy atom. The molecule has 1 aromatic heterocycles. The molecule has 4 nitrogen and oxygen atoms in total. The van der Waals surface area contributed by atoms with E-state index in [2.05, 4.69) is 38.8 Å². The molecule has 1 aliphatic rings. The Labute approximate surface area is 126 Å². The Hall–Kier alpha value is -1.84. The van der Waals surface area contributed by atoms with Crippen molar-refractivity contribution in [1.29, 1.82) is 0 Å². The molecule has 0 unspecified atom stereocenters. The number of aromatic nitrogens is 1. The largest absolute Gasteiger partial charge is 0.481 e. The van der Waals surface area contributed by atoms with Crippen LogP contribution in [0.15, 0.2) is 30.0 Å². The smallest absolute Gasteiger partial charge is 0.231 e. The molecule has 0 bridgehead atoms. The standard InChI is InChI=1S/C17H24N2O2/c1-11(2)9-13-15(17(13,3)4)16(20)19(5)12-7-8-14(21-6)18-10-12/h7-10,13,15H,1-6H3/t13-,15+/m0/s1. The summed E-state index contributed by atoms with van der Waals surface area (Å²) in [5.41, 5.74) is 2.08. The summed E-state index contributed by atoms with van der Waals surface area (Å²) in [5.74, 6) is 1.06.